The quantitative estimate of drug-likeness (QED) is 0.508. The van der Waals surface area contributed by atoms with E-state index in [1.165, 1.54) is 22.7 Å². The molecule has 2 rings (SSSR count). The van der Waals surface area contributed by atoms with Crippen LogP contribution >= 0.6 is 22.7 Å². The molecule has 0 unspecified atom stereocenters. The molecule has 2 aromatic heterocycles. The van der Waals surface area contributed by atoms with Crippen molar-refractivity contribution in [2.24, 2.45) is 5.16 Å². The van der Waals surface area contributed by atoms with E-state index in [1.807, 2.05) is 17.5 Å². The molecule has 0 atom stereocenters. The van der Waals surface area contributed by atoms with Crippen molar-refractivity contribution in [1.29, 1.82) is 0 Å². The molecule has 0 saturated carbocycles. The highest BCUT2D eigenvalue weighted by molar-refractivity contribution is 7.17. The van der Waals surface area contributed by atoms with Crippen LogP contribution in [-0.4, -0.2) is 22.0 Å². The molecule has 0 aliphatic carbocycles. The van der Waals surface area contributed by atoms with Crippen LogP contribution in [0.2, 0.25) is 0 Å². The summed E-state index contributed by atoms with van der Waals surface area (Å²) in [5.41, 5.74) is 0.488. The van der Waals surface area contributed by atoms with Crippen molar-refractivity contribution in [2.75, 3.05) is 0 Å². The monoisotopic (exact) mass is 267 g/mol. The maximum absolute atomic E-state index is 10.6. The fourth-order valence-electron chi connectivity index (χ4n) is 1.38. The Morgan fingerprint density at radius 1 is 1.29 bits per heavy atom. The van der Waals surface area contributed by atoms with E-state index in [9.17, 15) is 4.79 Å². The van der Waals surface area contributed by atoms with E-state index < -0.39 is 5.97 Å². The maximum Gasteiger partial charge on any atom is 0.308 e. The number of aliphatic carboxylic acids is 1. The molecule has 0 fully saturated rings. The average Bonchev–Trinajstić information content (AvgIpc) is 2.90. The molecule has 2 aromatic rings. The Bertz CT molecular complexity index is 543. The third-order valence-electron chi connectivity index (χ3n) is 2.08. The average molecular weight is 267 g/mol. The molecule has 0 bridgehead atoms. The molecule has 6 heteroatoms. The zero-order valence-electron chi connectivity index (χ0n) is 8.66. The molecular formula is C11H9NO3S2. The predicted octanol–water partition coefficient (Wildman–Crippen LogP) is 2.66. The molecule has 0 saturated heterocycles. The topological polar surface area (TPSA) is 69.9 Å². The minimum absolute atomic E-state index is 0.00614. The lowest BCUT2D eigenvalue weighted by molar-refractivity contribution is -0.136. The highest BCUT2D eigenvalue weighted by Crippen LogP contribution is 2.23. The molecule has 0 spiro atoms. The Labute approximate surface area is 105 Å². The minimum atomic E-state index is -0.864. The van der Waals surface area contributed by atoms with Gasteiger partial charge in [-0.1, -0.05) is 11.2 Å². The molecule has 0 radical (unpaired) electrons. The Hall–Kier alpha value is -1.66. The van der Waals surface area contributed by atoms with E-state index in [-0.39, 0.29) is 6.42 Å². The Balaban J connectivity index is 2.27. The van der Waals surface area contributed by atoms with Crippen molar-refractivity contribution in [3.63, 3.8) is 0 Å². The lowest BCUT2D eigenvalue weighted by atomic mass is 10.2. The van der Waals surface area contributed by atoms with Crippen molar-refractivity contribution < 1.29 is 15.1 Å². The summed E-state index contributed by atoms with van der Waals surface area (Å²) < 4.78 is 0. The number of hydrogen-bond acceptors (Lipinski definition) is 5. The van der Waals surface area contributed by atoms with E-state index >= 15 is 0 Å². The number of carbonyl (C=O) groups is 1. The number of oxime groups is 1. The van der Waals surface area contributed by atoms with Crippen LogP contribution in [0.1, 0.15) is 14.6 Å². The van der Waals surface area contributed by atoms with Gasteiger partial charge in [-0.15, -0.1) is 22.7 Å². The number of carboxylic acids is 1. The van der Waals surface area contributed by atoms with Crippen molar-refractivity contribution >= 4 is 34.4 Å². The summed E-state index contributed by atoms with van der Waals surface area (Å²) in [5, 5.41) is 22.9. The number of rotatable bonds is 4. The van der Waals surface area contributed by atoms with Gasteiger partial charge in [0.05, 0.1) is 16.2 Å². The van der Waals surface area contributed by atoms with Gasteiger partial charge in [-0.2, -0.15) is 0 Å². The molecule has 88 valence electrons. The van der Waals surface area contributed by atoms with Gasteiger partial charge in [0.25, 0.3) is 0 Å². The van der Waals surface area contributed by atoms with E-state index in [2.05, 4.69) is 5.16 Å². The van der Waals surface area contributed by atoms with Gasteiger partial charge in [-0.3, -0.25) is 4.79 Å². The molecule has 2 heterocycles. The second-order valence-corrected chi connectivity index (χ2v) is 5.38. The van der Waals surface area contributed by atoms with Gasteiger partial charge in [0.15, 0.2) is 0 Å². The SMILES string of the molecule is O=C(O)Cc1ccc(/C(=N\O)c2cccs2)s1. The van der Waals surface area contributed by atoms with Crippen LogP contribution in [0, 0.1) is 0 Å². The lowest BCUT2D eigenvalue weighted by Crippen LogP contribution is -1.98. The fraction of sp³-hybridized carbons (Fsp3) is 0.0909. The fourth-order valence-corrected chi connectivity index (χ4v) is 3.17. The molecular weight excluding hydrogens is 258 g/mol. The maximum atomic E-state index is 10.6. The zero-order valence-corrected chi connectivity index (χ0v) is 10.3. The molecule has 2 N–H and O–H groups in total. The summed E-state index contributed by atoms with van der Waals surface area (Å²) in [6.45, 7) is 0. The van der Waals surface area contributed by atoms with Crippen LogP contribution in [0.4, 0.5) is 0 Å². The Morgan fingerprint density at radius 2 is 2.12 bits per heavy atom. The third kappa shape index (κ3) is 2.72. The van der Waals surface area contributed by atoms with Gasteiger partial charge < -0.3 is 10.3 Å². The van der Waals surface area contributed by atoms with Crippen LogP contribution in [0.5, 0.6) is 0 Å². The van der Waals surface area contributed by atoms with Crippen LogP contribution in [0.15, 0.2) is 34.8 Å². The first kappa shape index (κ1) is 11.8. The predicted molar refractivity (Wildman–Crippen MR) is 67.4 cm³/mol. The smallest absolute Gasteiger partial charge is 0.308 e. The highest BCUT2D eigenvalue weighted by Gasteiger charge is 2.12. The summed E-state index contributed by atoms with van der Waals surface area (Å²) in [5.74, 6) is -0.864. The summed E-state index contributed by atoms with van der Waals surface area (Å²) in [7, 11) is 0. The first-order valence-electron chi connectivity index (χ1n) is 4.77. The van der Waals surface area contributed by atoms with Crippen molar-refractivity contribution in [3.05, 3.63) is 44.3 Å². The van der Waals surface area contributed by atoms with Gasteiger partial charge in [-0.05, 0) is 23.6 Å². The number of nitrogens with zero attached hydrogens (tertiary/aromatic N) is 1. The summed E-state index contributed by atoms with van der Waals surface area (Å²) in [4.78, 5) is 12.9. The van der Waals surface area contributed by atoms with Crippen LogP contribution < -0.4 is 0 Å². The van der Waals surface area contributed by atoms with Gasteiger partial charge in [0, 0.05) is 4.88 Å². The number of thiophene rings is 2. The summed E-state index contributed by atoms with van der Waals surface area (Å²) in [6, 6.07) is 7.25. The second kappa shape index (κ2) is 5.11. The van der Waals surface area contributed by atoms with Gasteiger partial charge in [0.2, 0.25) is 0 Å². The third-order valence-corrected chi connectivity index (χ3v) is 4.04. The Kier molecular flexibility index (Phi) is 3.55. The highest BCUT2D eigenvalue weighted by atomic mass is 32.1. The second-order valence-electron chi connectivity index (χ2n) is 3.26. The molecule has 0 aliphatic rings. The van der Waals surface area contributed by atoms with Crippen molar-refractivity contribution in [2.45, 2.75) is 6.42 Å². The number of carboxylic acid groups (broad SMARTS) is 1. The molecule has 0 amide bonds. The van der Waals surface area contributed by atoms with Gasteiger partial charge >= 0.3 is 5.97 Å². The molecule has 0 aliphatic heterocycles. The number of hydrogen-bond donors (Lipinski definition) is 2. The standard InChI is InChI=1S/C11H9NO3S2/c13-10(14)6-7-3-4-9(17-7)11(12-15)8-2-1-5-16-8/h1-5,15H,6H2,(H,13,14)/b12-11-. The van der Waals surface area contributed by atoms with Crippen molar-refractivity contribution in [3.8, 4) is 0 Å². The first-order chi connectivity index (χ1) is 8.20. The normalized spacial score (nSPS) is 11.6. The van der Waals surface area contributed by atoms with Crippen molar-refractivity contribution in [1.82, 2.24) is 0 Å². The Morgan fingerprint density at radius 3 is 2.71 bits per heavy atom. The van der Waals surface area contributed by atoms with Gasteiger partial charge in [-0.25, -0.2) is 0 Å². The van der Waals surface area contributed by atoms with E-state index in [4.69, 9.17) is 10.3 Å². The van der Waals surface area contributed by atoms with Crippen LogP contribution in [0.25, 0.3) is 0 Å². The van der Waals surface area contributed by atoms with Crippen LogP contribution in [0.3, 0.4) is 0 Å². The zero-order chi connectivity index (χ0) is 12.3. The van der Waals surface area contributed by atoms with E-state index in [1.54, 1.807) is 12.1 Å². The molecule has 17 heavy (non-hydrogen) atoms. The minimum Gasteiger partial charge on any atom is -0.481 e. The van der Waals surface area contributed by atoms with Gasteiger partial charge in [0.1, 0.15) is 5.71 Å². The summed E-state index contributed by atoms with van der Waals surface area (Å²) in [6.07, 6.45) is -0.00614. The molecule has 4 nitrogen and oxygen atoms in total. The molecule has 0 aromatic carbocycles. The van der Waals surface area contributed by atoms with E-state index in [0.717, 1.165) is 14.6 Å². The van der Waals surface area contributed by atoms with E-state index in [0.29, 0.717) is 5.71 Å². The lowest BCUT2D eigenvalue weighted by Gasteiger charge is -1.96. The van der Waals surface area contributed by atoms with Crippen LogP contribution in [-0.2, 0) is 11.2 Å². The first-order valence-corrected chi connectivity index (χ1v) is 6.47. The summed E-state index contributed by atoms with van der Waals surface area (Å²) >= 11 is 2.80. The largest absolute Gasteiger partial charge is 0.481 e.